The summed E-state index contributed by atoms with van der Waals surface area (Å²) >= 11 is 3.92. The molecule has 0 fully saturated rings. The molecule has 5 heteroatoms. The van der Waals surface area contributed by atoms with Gasteiger partial charge in [-0.15, -0.1) is 0 Å². The van der Waals surface area contributed by atoms with Crippen LogP contribution in [0.1, 0.15) is 12.5 Å². The zero-order valence-corrected chi connectivity index (χ0v) is 12.1. The van der Waals surface area contributed by atoms with Gasteiger partial charge in [-0.05, 0) is 47.4 Å². The molecule has 0 unspecified atom stereocenters. The molecule has 2 aromatic heterocycles. The van der Waals surface area contributed by atoms with Gasteiger partial charge in [0.15, 0.2) is 5.82 Å². The highest BCUT2D eigenvalue weighted by Crippen LogP contribution is 2.25. The second-order valence-corrected chi connectivity index (χ2v) is 5.29. The second kappa shape index (κ2) is 5.09. The van der Waals surface area contributed by atoms with Gasteiger partial charge in [0.2, 0.25) is 0 Å². The minimum atomic E-state index is 0.801. The maximum absolute atomic E-state index is 4.54. The highest BCUT2D eigenvalue weighted by molar-refractivity contribution is 14.1. The van der Waals surface area contributed by atoms with E-state index in [1.165, 1.54) is 5.56 Å². The largest absolute Gasteiger partial charge is 0.369 e. The summed E-state index contributed by atoms with van der Waals surface area (Å²) < 4.78 is 1.05. The standard InChI is InChI=1S/C11H12IN3S/c1-3-13-11-9(12)4-14-10(15-11)8-6-16-5-7(8)2/h4-6H,3H2,1-2H3,(H,13,14,15). The van der Waals surface area contributed by atoms with Crippen molar-refractivity contribution < 1.29 is 0 Å². The van der Waals surface area contributed by atoms with Gasteiger partial charge >= 0.3 is 0 Å². The Morgan fingerprint density at radius 1 is 1.44 bits per heavy atom. The lowest BCUT2D eigenvalue weighted by atomic mass is 10.2. The Morgan fingerprint density at radius 3 is 2.88 bits per heavy atom. The first-order valence-electron chi connectivity index (χ1n) is 5.02. The summed E-state index contributed by atoms with van der Waals surface area (Å²) in [6.07, 6.45) is 1.86. The van der Waals surface area contributed by atoms with E-state index in [1.54, 1.807) is 11.3 Å². The normalized spacial score (nSPS) is 10.4. The highest BCUT2D eigenvalue weighted by Gasteiger charge is 2.08. The van der Waals surface area contributed by atoms with E-state index in [0.717, 1.165) is 27.3 Å². The fourth-order valence-corrected chi connectivity index (χ4v) is 2.66. The molecule has 0 amide bonds. The van der Waals surface area contributed by atoms with Crippen LogP contribution < -0.4 is 5.32 Å². The summed E-state index contributed by atoms with van der Waals surface area (Å²) in [5, 5.41) is 7.45. The third kappa shape index (κ3) is 2.35. The molecule has 0 spiro atoms. The Labute approximate surface area is 112 Å². The molecule has 0 bridgehead atoms. The predicted octanol–water partition coefficient (Wildman–Crippen LogP) is 3.55. The zero-order valence-electron chi connectivity index (χ0n) is 9.12. The molecule has 0 saturated carbocycles. The SMILES string of the molecule is CCNc1nc(-c2cscc2C)ncc1I. The number of hydrogen-bond donors (Lipinski definition) is 1. The summed E-state index contributed by atoms with van der Waals surface area (Å²) in [4.78, 5) is 8.91. The van der Waals surface area contributed by atoms with Crippen molar-refractivity contribution in [1.82, 2.24) is 9.97 Å². The van der Waals surface area contributed by atoms with Gasteiger partial charge in [-0.3, -0.25) is 0 Å². The van der Waals surface area contributed by atoms with E-state index in [-0.39, 0.29) is 0 Å². The first-order valence-corrected chi connectivity index (χ1v) is 7.04. The molecule has 0 aromatic carbocycles. The Morgan fingerprint density at radius 2 is 2.25 bits per heavy atom. The summed E-state index contributed by atoms with van der Waals surface area (Å²) in [5.74, 6) is 1.72. The lowest BCUT2D eigenvalue weighted by Crippen LogP contribution is -2.03. The number of aromatic nitrogens is 2. The maximum Gasteiger partial charge on any atom is 0.162 e. The van der Waals surface area contributed by atoms with E-state index in [1.807, 2.05) is 6.20 Å². The number of nitrogens with one attached hydrogen (secondary N) is 1. The number of thiophene rings is 1. The van der Waals surface area contributed by atoms with Crippen LogP contribution in [-0.4, -0.2) is 16.5 Å². The van der Waals surface area contributed by atoms with Gasteiger partial charge < -0.3 is 5.32 Å². The van der Waals surface area contributed by atoms with Crippen molar-refractivity contribution in [3.63, 3.8) is 0 Å². The Hall–Kier alpha value is -0.690. The Kier molecular flexibility index (Phi) is 3.75. The number of anilines is 1. The van der Waals surface area contributed by atoms with Crippen LogP contribution in [0.15, 0.2) is 17.0 Å². The van der Waals surface area contributed by atoms with E-state index < -0.39 is 0 Å². The second-order valence-electron chi connectivity index (χ2n) is 3.39. The van der Waals surface area contributed by atoms with Crippen LogP contribution in [0.2, 0.25) is 0 Å². The van der Waals surface area contributed by atoms with Gasteiger partial charge in [-0.1, -0.05) is 0 Å². The van der Waals surface area contributed by atoms with Gasteiger partial charge in [-0.2, -0.15) is 11.3 Å². The molecule has 0 saturated heterocycles. The van der Waals surface area contributed by atoms with Gasteiger partial charge in [0.1, 0.15) is 5.82 Å². The minimum Gasteiger partial charge on any atom is -0.369 e. The van der Waals surface area contributed by atoms with Crippen molar-refractivity contribution in [2.45, 2.75) is 13.8 Å². The highest BCUT2D eigenvalue weighted by atomic mass is 127. The lowest BCUT2D eigenvalue weighted by molar-refractivity contribution is 1.10. The third-order valence-corrected chi connectivity index (χ3v) is 3.84. The molecule has 0 aliphatic heterocycles. The average molecular weight is 345 g/mol. The van der Waals surface area contributed by atoms with Crippen LogP contribution in [0, 0.1) is 10.5 Å². The minimum absolute atomic E-state index is 0.801. The van der Waals surface area contributed by atoms with Crippen LogP contribution in [-0.2, 0) is 0 Å². The molecule has 0 aliphatic carbocycles. The summed E-state index contributed by atoms with van der Waals surface area (Å²) in [7, 11) is 0. The molecule has 84 valence electrons. The van der Waals surface area contributed by atoms with Crippen LogP contribution in [0.3, 0.4) is 0 Å². The van der Waals surface area contributed by atoms with Crippen LogP contribution in [0.25, 0.3) is 11.4 Å². The summed E-state index contributed by atoms with van der Waals surface area (Å²) in [5.41, 5.74) is 2.36. The van der Waals surface area contributed by atoms with E-state index >= 15 is 0 Å². The molecule has 0 radical (unpaired) electrons. The van der Waals surface area contributed by atoms with Gasteiger partial charge in [0.05, 0.1) is 3.57 Å². The third-order valence-electron chi connectivity index (χ3n) is 2.18. The first kappa shape index (κ1) is 11.8. The van der Waals surface area contributed by atoms with Gasteiger partial charge in [-0.25, -0.2) is 9.97 Å². The van der Waals surface area contributed by atoms with E-state index in [2.05, 4.69) is 62.5 Å². The van der Waals surface area contributed by atoms with Crippen molar-refractivity contribution in [3.05, 3.63) is 26.1 Å². The van der Waals surface area contributed by atoms with E-state index in [0.29, 0.717) is 0 Å². The van der Waals surface area contributed by atoms with Crippen molar-refractivity contribution in [3.8, 4) is 11.4 Å². The molecule has 1 N–H and O–H groups in total. The first-order chi connectivity index (χ1) is 7.72. The number of rotatable bonds is 3. The monoisotopic (exact) mass is 345 g/mol. The Balaban J connectivity index is 2.43. The molecule has 2 heterocycles. The average Bonchev–Trinajstić information content (AvgIpc) is 2.68. The van der Waals surface area contributed by atoms with Gasteiger partial charge in [0, 0.05) is 23.7 Å². The molecular weight excluding hydrogens is 333 g/mol. The quantitative estimate of drug-likeness (QED) is 0.865. The van der Waals surface area contributed by atoms with Crippen molar-refractivity contribution in [2.24, 2.45) is 0 Å². The van der Waals surface area contributed by atoms with Crippen LogP contribution in [0.4, 0.5) is 5.82 Å². The fraction of sp³-hybridized carbons (Fsp3) is 0.273. The lowest BCUT2D eigenvalue weighted by Gasteiger charge is -2.06. The Bertz CT molecular complexity index is 496. The summed E-state index contributed by atoms with van der Waals surface area (Å²) in [6, 6.07) is 0. The molecule has 0 aliphatic rings. The summed E-state index contributed by atoms with van der Waals surface area (Å²) in [6.45, 7) is 5.02. The molecule has 3 nitrogen and oxygen atoms in total. The molecule has 0 atom stereocenters. The number of aryl methyl sites for hydroxylation is 1. The van der Waals surface area contributed by atoms with Crippen molar-refractivity contribution >= 4 is 39.7 Å². The molecular formula is C11H12IN3S. The van der Waals surface area contributed by atoms with Crippen LogP contribution >= 0.6 is 33.9 Å². The fourth-order valence-electron chi connectivity index (χ4n) is 1.38. The predicted molar refractivity (Wildman–Crippen MR) is 77.0 cm³/mol. The maximum atomic E-state index is 4.54. The van der Waals surface area contributed by atoms with E-state index in [4.69, 9.17) is 0 Å². The van der Waals surface area contributed by atoms with Crippen LogP contribution in [0.5, 0.6) is 0 Å². The smallest absolute Gasteiger partial charge is 0.162 e. The topological polar surface area (TPSA) is 37.8 Å². The number of hydrogen-bond acceptors (Lipinski definition) is 4. The number of halogens is 1. The van der Waals surface area contributed by atoms with E-state index in [9.17, 15) is 0 Å². The molecule has 2 rings (SSSR count). The van der Waals surface area contributed by atoms with Gasteiger partial charge in [0.25, 0.3) is 0 Å². The molecule has 16 heavy (non-hydrogen) atoms. The van der Waals surface area contributed by atoms with Crippen molar-refractivity contribution in [1.29, 1.82) is 0 Å². The molecule has 2 aromatic rings. The zero-order chi connectivity index (χ0) is 11.5. The van der Waals surface area contributed by atoms with Crippen molar-refractivity contribution in [2.75, 3.05) is 11.9 Å². The number of nitrogens with zero attached hydrogens (tertiary/aromatic N) is 2.